The Hall–Kier alpha value is -4.03. The summed E-state index contributed by atoms with van der Waals surface area (Å²) in [7, 11) is 0. The highest BCUT2D eigenvalue weighted by Gasteiger charge is 2.45. The van der Waals surface area contributed by atoms with Crippen molar-refractivity contribution in [2.75, 3.05) is 4.90 Å². The number of nitrogens with zero attached hydrogens (tertiary/aromatic N) is 1. The molecule has 176 valence electrons. The van der Waals surface area contributed by atoms with Crippen LogP contribution in [-0.2, 0) is 4.79 Å². The fourth-order valence-corrected chi connectivity index (χ4v) is 4.53. The van der Waals surface area contributed by atoms with Gasteiger partial charge in [0.25, 0.3) is 5.91 Å². The average Bonchev–Trinajstić information content (AvgIpc) is 3.38. The maximum absolute atomic E-state index is 13.7. The molecule has 3 aromatic carbocycles. The van der Waals surface area contributed by atoms with Crippen LogP contribution in [0, 0.1) is 0 Å². The molecule has 4 aromatic rings. The minimum atomic E-state index is -0.919. The molecule has 35 heavy (non-hydrogen) atoms. The normalized spacial score (nSPS) is 16.1. The number of fused-ring (bicyclic) bond motifs is 1. The lowest BCUT2D eigenvalue weighted by atomic mass is 9.94. The van der Waals surface area contributed by atoms with E-state index in [1.807, 2.05) is 12.1 Å². The van der Waals surface area contributed by atoms with Crippen molar-refractivity contribution in [2.45, 2.75) is 25.8 Å². The molecule has 7 heteroatoms. The first-order valence-electron chi connectivity index (χ1n) is 11.1. The summed E-state index contributed by atoms with van der Waals surface area (Å²) in [6, 6.07) is 19.2. The number of halogens is 1. The zero-order chi connectivity index (χ0) is 24.9. The molecule has 0 saturated heterocycles. The lowest BCUT2D eigenvalue weighted by molar-refractivity contribution is -0.117. The molecule has 6 nitrogen and oxygen atoms in total. The van der Waals surface area contributed by atoms with E-state index in [9.17, 15) is 19.8 Å². The third-order valence-corrected chi connectivity index (χ3v) is 6.44. The highest BCUT2D eigenvalue weighted by molar-refractivity contribution is 6.31. The molecule has 0 fully saturated rings. The van der Waals surface area contributed by atoms with E-state index in [-0.39, 0.29) is 17.1 Å². The van der Waals surface area contributed by atoms with Crippen molar-refractivity contribution in [3.05, 3.63) is 106 Å². The van der Waals surface area contributed by atoms with Crippen molar-refractivity contribution >= 4 is 39.9 Å². The van der Waals surface area contributed by atoms with E-state index in [2.05, 4.69) is 13.8 Å². The van der Waals surface area contributed by atoms with Gasteiger partial charge >= 0.3 is 0 Å². The number of aromatic hydroxyl groups is 1. The number of phenolic OH excluding ortho intramolecular Hbond substituents is 1. The molecule has 1 aliphatic heterocycles. The number of phenols is 1. The van der Waals surface area contributed by atoms with Gasteiger partial charge in [-0.25, -0.2) is 0 Å². The van der Waals surface area contributed by atoms with Gasteiger partial charge in [-0.2, -0.15) is 0 Å². The van der Waals surface area contributed by atoms with Gasteiger partial charge in [-0.3, -0.25) is 14.5 Å². The molecule has 0 radical (unpaired) electrons. The van der Waals surface area contributed by atoms with E-state index in [1.165, 1.54) is 17.0 Å². The van der Waals surface area contributed by atoms with Crippen LogP contribution in [0.4, 0.5) is 5.69 Å². The Labute approximate surface area is 206 Å². The van der Waals surface area contributed by atoms with Gasteiger partial charge in [-0.1, -0.05) is 49.7 Å². The standard InChI is InChI=1S/C28H22ClNO5/c1-15(2)16-3-8-20(9-4-16)30-25(17-5-10-21(31)11-6-17)24(27(33)28(30)34)26(32)23-14-18-13-19(29)7-12-22(18)35-23/h3-15,25,31,33H,1-2H3. The van der Waals surface area contributed by atoms with Crippen LogP contribution in [0.25, 0.3) is 11.0 Å². The van der Waals surface area contributed by atoms with Crippen LogP contribution < -0.4 is 4.90 Å². The van der Waals surface area contributed by atoms with Crippen LogP contribution in [0.2, 0.25) is 5.02 Å². The van der Waals surface area contributed by atoms with Crippen LogP contribution in [0.1, 0.15) is 47.5 Å². The smallest absolute Gasteiger partial charge is 0.294 e. The molecule has 1 atom stereocenters. The largest absolute Gasteiger partial charge is 0.508 e. The fourth-order valence-electron chi connectivity index (χ4n) is 4.35. The Morgan fingerprint density at radius 2 is 1.66 bits per heavy atom. The van der Waals surface area contributed by atoms with Crippen molar-refractivity contribution < 1.29 is 24.2 Å². The first-order chi connectivity index (χ1) is 16.7. The van der Waals surface area contributed by atoms with Crippen LogP contribution in [-0.4, -0.2) is 21.9 Å². The number of rotatable bonds is 5. The van der Waals surface area contributed by atoms with E-state index >= 15 is 0 Å². The Morgan fingerprint density at radius 3 is 2.31 bits per heavy atom. The number of aliphatic hydroxyl groups excluding tert-OH is 1. The summed E-state index contributed by atoms with van der Waals surface area (Å²) in [6.07, 6.45) is 0. The Bertz CT molecular complexity index is 1480. The maximum Gasteiger partial charge on any atom is 0.294 e. The average molecular weight is 488 g/mol. The number of hydrogen-bond donors (Lipinski definition) is 2. The summed E-state index contributed by atoms with van der Waals surface area (Å²) in [6.45, 7) is 4.14. The fraction of sp³-hybridized carbons (Fsp3) is 0.143. The third-order valence-electron chi connectivity index (χ3n) is 6.20. The van der Waals surface area contributed by atoms with E-state index < -0.39 is 23.5 Å². The lowest BCUT2D eigenvalue weighted by Crippen LogP contribution is -2.31. The Kier molecular flexibility index (Phi) is 5.61. The van der Waals surface area contributed by atoms with Crippen LogP contribution in [0.3, 0.4) is 0 Å². The summed E-state index contributed by atoms with van der Waals surface area (Å²) in [5.74, 6) is -1.61. The number of benzene rings is 3. The van der Waals surface area contributed by atoms with Crippen LogP contribution in [0.15, 0.2) is 88.5 Å². The molecule has 0 saturated carbocycles. The number of hydrogen-bond acceptors (Lipinski definition) is 5. The van der Waals surface area contributed by atoms with Gasteiger partial charge in [0.1, 0.15) is 11.3 Å². The predicted molar refractivity (Wildman–Crippen MR) is 134 cm³/mol. The number of amides is 1. The van der Waals surface area contributed by atoms with Crippen molar-refractivity contribution in [1.82, 2.24) is 0 Å². The number of Topliss-reactive ketones (excluding diaryl/α,β-unsaturated/α-hetero) is 1. The van der Waals surface area contributed by atoms with Gasteiger partial charge in [-0.05, 0) is 65.6 Å². The SMILES string of the molecule is CC(C)c1ccc(N2C(=O)C(O)=C(C(=O)c3cc4cc(Cl)ccc4o3)C2c2ccc(O)cc2)cc1. The number of ketones is 1. The van der Waals surface area contributed by atoms with E-state index in [4.69, 9.17) is 16.0 Å². The number of carbonyl (C=O) groups is 2. The van der Waals surface area contributed by atoms with Gasteiger partial charge in [0.2, 0.25) is 5.78 Å². The summed E-state index contributed by atoms with van der Waals surface area (Å²) < 4.78 is 5.74. The minimum absolute atomic E-state index is 0.0163. The Morgan fingerprint density at radius 1 is 0.971 bits per heavy atom. The molecule has 0 bridgehead atoms. The summed E-state index contributed by atoms with van der Waals surface area (Å²) >= 11 is 6.06. The van der Waals surface area contributed by atoms with E-state index in [0.29, 0.717) is 33.2 Å². The number of carbonyl (C=O) groups excluding carboxylic acids is 2. The molecule has 1 unspecified atom stereocenters. The molecule has 2 heterocycles. The van der Waals surface area contributed by atoms with Crippen molar-refractivity contribution in [1.29, 1.82) is 0 Å². The van der Waals surface area contributed by atoms with Crippen LogP contribution >= 0.6 is 11.6 Å². The van der Waals surface area contributed by atoms with Gasteiger partial charge in [0.05, 0.1) is 11.6 Å². The van der Waals surface area contributed by atoms with Gasteiger partial charge < -0.3 is 14.6 Å². The van der Waals surface area contributed by atoms with Gasteiger partial charge in [0, 0.05) is 16.1 Å². The zero-order valence-corrected chi connectivity index (χ0v) is 19.8. The quantitative estimate of drug-likeness (QED) is 0.306. The molecular weight excluding hydrogens is 466 g/mol. The molecule has 0 spiro atoms. The maximum atomic E-state index is 13.7. The van der Waals surface area contributed by atoms with Crippen molar-refractivity contribution in [2.24, 2.45) is 0 Å². The minimum Gasteiger partial charge on any atom is -0.508 e. The second-order valence-electron chi connectivity index (χ2n) is 8.80. The Balaban J connectivity index is 1.63. The number of furan rings is 1. The highest BCUT2D eigenvalue weighted by Crippen LogP contribution is 2.43. The third kappa shape index (κ3) is 3.96. The van der Waals surface area contributed by atoms with E-state index in [0.717, 1.165) is 5.56 Å². The highest BCUT2D eigenvalue weighted by atomic mass is 35.5. The number of aliphatic hydroxyl groups is 1. The van der Waals surface area contributed by atoms with Crippen molar-refractivity contribution in [3.63, 3.8) is 0 Å². The van der Waals surface area contributed by atoms with Crippen molar-refractivity contribution in [3.8, 4) is 5.75 Å². The van der Waals surface area contributed by atoms with Gasteiger partial charge in [-0.15, -0.1) is 0 Å². The molecule has 0 aliphatic carbocycles. The van der Waals surface area contributed by atoms with E-state index in [1.54, 1.807) is 48.5 Å². The zero-order valence-electron chi connectivity index (χ0n) is 19.0. The second kappa shape index (κ2) is 8.64. The molecule has 1 amide bonds. The number of anilines is 1. The van der Waals surface area contributed by atoms with Gasteiger partial charge in [0.15, 0.2) is 11.5 Å². The molecular formula is C28H22ClNO5. The first-order valence-corrected chi connectivity index (χ1v) is 11.5. The first kappa shape index (κ1) is 22.7. The second-order valence-corrected chi connectivity index (χ2v) is 9.24. The van der Waals surface area contributed by atoms with Crippen LogP contribution in [0.5, 0.6) is 5.75 Å². The predicted octanol–water partition coefficient (Wildman–Crippen LogP) is 6.70. The topological polar surface area (TPSA) is 91.0 Å². The summed E-state index contributed by atoms with van der Waals surface area (Å²) in [5, 5.41) is 21.8. The summed E-state index contributed by atoms with van der Waals surface area (Å²) in [5.41, 5.74) is 2.54. The molecule has 1 aliphatic rings. The molecule has 5 rings (SSSR count). The molecule has 1 aromatic heterocycles. The molecule has 2 N–H and O–H groups in total. The lowest BCUT2D eigenvalue weighted by Gasteiger charge is -2.27. The summed E-state index contributed by atoms with van der Waals surface area (Å²) in [4.78, 5) is 28.3. The monoisotopic (exact) mass is 487 g/mol.